The second kappa shape index (κ2) is 6.22. The van der Waals surface area contributed by atoms with Crippen molar-refractivity contribution < 1.29 is 14.6 Å². The third-order valence-corrected chi connectivity index (χ3v) is 4.13. The average Bonchev–Trinajstić information content (AvgIpc) is 2.82. The van der Waals surface area contributed by atoms with Crippen molar-refractivity contribution in [3.8, 4) is 0 Å². The number of thioether (sulfide) groups is 1. The van der Waals surface area contributed by atoms with Gasteiger partial charge in [-0.1, -0.05) is 18.2 Å². The number of amides is 1. The molecule has 0 aliphatic carbocycles. The van der Waals surface area contributed by atoms with Gasteiger partial charge in [0.2, 0.25) is 5.91 Å². The fraction of sp³-hybridized carbons (Fsp3) is 0.462. The molecule has 2 unspecified atom stereocenters. The van der Waals surface area contributed by atoms with Gasteiger partial charge in [-0.2, -0.15) is 0 Å². The molecule has 0 saturated carbocycles. The van der Waals surface area contributed by atoms with E-state index < -0.39 is 0 Å². The highest BCUT2D eigenvalue weighted by Crippen LogP contribution is 2.39. The van der Waals surface area contributed by atoms with E-state index >= 15 is 0 Å². The van der Waals surface area contributed by atoms with Crippen molar-refractivity contribution >= 4 is 17.7 Å². The largest absolute Gasteiger partial charge is 0.394 e. The zero-order valence-corrected chi connectivity index (χ0v) is 11.1. The third-order valence-electron chi connectivity index (χ3n) is 2.95. The molecule has 2 rings (SSSR count). The zero-order chi connectivity index (χ0) is 13.0. The summed E-state index contributed by atoms with van der Waals surface area (Å²) in [4.78, 5) is 13.3. The number of rotatable bonds is 5. The molecule has 0 aromatic heterocycles. The molecule has 0 spiro atoms. The molecule has 18 heavy (non-hydrogen) atoms. The summed E-state index contributed by atoms with van der Waals surface area (Å²) in [5.74, 6) is 0.594. The second-order valence-corrected chi connectivity index (χ2v) is 5.31. The predicted octanol–water partition coefficient (Wildman–Crippen LogP) is 0.999. The Morgan fingerprint density at radius 3 is 3.11 bits per heavy atom. The summed E-state index contributed by atoms with van der Waals surface area (Å²) in [6.45, 7) is 0.213. The van der Waals surface area contributed by atoms with Crippen LogP contribution in [0.25, 0.3) is 0 Å². The van der Waals surface area contributed by atoms with Crippen molar-refractivity contribution in [2.45, 2.75) is 16.9 Å². The summed E-state index contributed by atoms with van der Waals surface area (Å²) in [6, 6.07) is 7.62. The van der Waals surface area contributed by atoms with Crippen molar-refractivity contribution in [3.05, 3.63) is 29.8 Å². The van der Waals surface area contributed by atoms with Crippen molar-refractivity contribution in [2.24, 2.45) is 0 Å². The van der Waals surface area contributed by atoms with E-state index in [1.807, 2.05) is 24.3 Å². The van der Waals surface area contributed by atoms with E-state index in [1.165, 1.54) is 4.90 Å². The highest BCUT2D eigenvalue weighted by molar-refractivity contribution is 7.99. The Morgan fingerprint density at radius 1 is 1.61 bits per heavy atom. The number of benzene rings is 1. The highest BCUT2D eigenvalue weighted by Gasteiger charge is 2.29. The number of aliphatic hydroxyl groups is 1. The fourth-order valence-corrected chi connectivity index (χ4v) is 3.25. The number of hydrogen-bond acceptors (Lipinski definition) is 4. The highest BCUT2D eigenvalue weighted by atomic mass is 32.2. The summed E-state index contributed by atoms with van der Waals surface area (Å²) in [7, 11) is 1.55. The minimum Gasteiger partial charge on any atom is -0.394 e. The van der Waals surface area contributed by atoms with E-state index in [0.717, 1.165) is 11.3 Å². The van der Waals surface area contributed by atoms with Crippen LogP contribution in [0.15, 0.2) is 29.2 Å². The average molecular weight is 267 g/mol. The molecule has 2 atom stereocenters. The molecule has 1 aromatic carbocycles. The molecule has 2 N–H and O–H groups in total. The van der Waals surface area contributed by atoms with Crippen LogP contribution in [-0.2, 0) is 9.53 Å². The Hall–Kier alpha value is -1.04. The van der Waals surface area contributed by atoms with Crippen LogP contribution < -0.4 is 5.32 Å². The maximum atomic E-state index is 12.2. The molecule has 0 fully saturated rings. The number of aliphatic hydroxyl groups excluding tert-OH is 1. The minimum absolute atomic E-state index is 0.0384. The quantitative estimate of drug-likeness (QED) is 0.835. The van der Waals surface area contributed by atoms with Crippen LogP contribution in [0.4, 0.5) is 0 Å². The van der Waals surface area contributed by atoms with E-state index in [2.05, 4.69) is 5.32 Å². The van der Waals surface area contributed by atoms with Crippen LogP contribution in [0.5, 0.6) is 0 Å². The van der Waals surface area contributed by atoms with Crippen LogP contribution in [0.3, 0.4) is 0 Å². The van der Waals surface area contributed by atoms with Gasteiger partial charge < -0.3 is 15.2 Å². The van der Waals surface area contributed by atoms with Gasteiger partial charge in [-0.3, -0.25) is 4.79 Å². The predicted molar refractivity (Wildman–Crippen MR) is 70.8 cm³/mol. The number of methoxy groups -OCH3 is 1. The molecule has 1 aromatic rings. The van der Waals surface area contributed by atoms with E-state index in [4.69, 9.17) is 9.84 Å². The molecule has 98 valence electrons. The van der Waals surface area contributed by atoms with Gasteiger partial charge >= 0.3 is 0 Å². The number of hydrogen-bond donors (Lipinski definition) is 2. The first-order valence-corrected chi connectivity index (χ1v) is 6.86. The normalized spacial score (nSPS) is 19.3. The van der Waals surface area contributed by atoms with Crippen molar-refractivity contribution in [1.29, 1.82) is 0 Å². The monoisotopic (exact) mass is 267 g/mol. The Labute approximate surface area is 111 Å². The van der Waals surface area contributed by atoms with E-state index in [9.17, 15) is 4.79 Å². The third kappa shape index (κ3) is 2.85. The number of ether oxygens (including phenoxy) is 1. The number of carbonyl (C=O) groups is 1. The van der Waals surface area contributed by atoms with Crippen LogP contribution in [0.2, 0.25) is 0 Å². The summed E-state index contributed by atoms with van der Waals surface area (Å²) in [5, 5.41) is 12.0. The molecule has 1 amide bonds. The molecule has 0 saturated heterocycles. The molecule has 4 nitrogen and oxygen atoms in total. The lowest BCUT2D eigenvalue weighted by molar-refractivity contribution is -0.123. The Balaban J connectivity index is 2.03. The lowest BCUT2D eigenvalue weighted by Gasteiger charge is -2.18. The summed E-state index contributed by atoms with van der Waals surface area (Å²) in [5.41, 5.74) is 1.08. The van der Waals surface area contributed by atoms with E-state index in [0.29, 0.717) is 6.61 Å². The summed E-state index contributed by atoms with van der Waals surface area (Å²) < 4.78 is 4.95. The smallest absolute Gasteiger partial charge is 0.228 e. The molecule has 5 heteroatoms. The maximum Gasteiger partial charge on any atom is 0.228 e. The number of fused-ring (bicyclic) bond motifs is 1. The van der Waals surface area contributed by atoms with Crippen LogP contribution >= 0.6 is 11.8 Å². The summed E-state index contributed by atoms with van der Waals surface area (Å²) in [6.07, 6.45) is 0. The van der Waals surface area contributed by atoms with Gasteiger partial charge in [0.25, 0.3) is 0 Å². The number of carbonyl (C=O) groups excluding carboxylic acids is 1. The molecular formula is C13H17NO3S. The first kappa shape index (κ1) is 13.4. The maximum absolute atomic E-state index is 12.2. The van der Waals surface area contributed by atoms with Crippen LogP contribution in [0, 0.1) is 0 Å². The van der Waals surface area contributed by atoms with E-state index in [1.54, 1.807) is 18.9 Å². The number of nitrogens with one attached hydrogen (secondary N) is 1. The topological polar surface area (TPSA) is 58.6 Å². The van der Waals surface area contributed by atoms with Gasteiger partial charge in [0.05, 0.1) is 25.2 Å². The van der Waals surface area contributed by atoms with Gasteiger partial charge in [-0.15, -0.1) is 11.8 Å². The lowest BCUT2D eigenvalue weighted by atomic mass is 10.0. The Kier molecular flexibility index (Phi) is 4.63. The first-order valence-electron chi connectivity index (χ1n) is 5.88. The summed E-state index contributed by atoms with van der Waals surface area (Å²) >= 11 is 1.70. The van der Waals surface area contributed by atoms with Crippen LogP contribution in [-0.4, -0.2) is 43.1 Å². The fourth-order valence-electron chi connectivity index (χ4n) is 2.02. The first-order chi connectivity index (χ1) is 8.76. The van der Waals surface area contributed by atoms with Crippen molar-refractivity contribution in [3.63, 3.8) is 0 Å². The van der Waals surface area contributed by atoms with Gasteiger partial charge in [0, 0.05) is 17.8 Å². The SMILES string of the molecule is COCC(CO)NC(=O)C1CSc2ccccc21. The zero-order valence-electron chi connectivity index (χ0n) is 10.3. The van der Waals surface area contributed by atoms with Crippen LogP contribution in [0.1, 0.15) is 11.5 Å². The molecular weight excluding hydrogens is 250 g/mol. The van der Waals surface area contributed by atoms with Gasteiger partial charge in [-0.05, 0) is 11.6 Å². The minimum atomic E-state index is -0.333. The second-order valence-electron chi connectivity index (χ2n) is 4.24. The van der Waals surface area contributed by atoms with Gasteiger partial charge in [-0.25, -0.2) is 0 Å². The molecule has 1 heterocycles. The van der Waals surface area contributed by atoms with Crippen molar-refractivity contribution in [1.82, 2.24) is 5.32 Å². The standard InChI is InChI=1S/C13H17NO3S/c1-17-7-9(6-15)14-13(16)11-8-18-12-5-3-2-4-10(11)12/h2-5,9,11,15H,6-8H2,1H3,(H,14,16). The molecule has 0 radical (unpaired) electrons. The Morgan fingerprint density at radius 2 is 2.39 bits per heavy atom. The molecule has 0 bridgehead atoms. The lowest BCUT2D eigenvalue weighted by Crippen LogP contribution is -2.43. The Bertz CT molecular complexity index is 424. The molecule has 1 aliphatic heterocycles. The van der Waals surface area contributed by atoms with Gasteiger partial charge in [0.15, 0.2) is 0 Å². The van der Waals surface area contributed by atoms with Crippen molar-refractivity contribution in [2.75, 3.05) is 26.1 Å². The van der Waals surface area contributed by atoms with Gasteiger partial charge in [0.1, 0.15) is 0 Å². The molecule has 1 aliphatic rings. The van der Waals surface area contributed by atoms with E-state index in [-0.39, 0.29) is 24.5 Å².